The fourth-order valence-electron chi connectivity index (χ4n) is 2.91. The first-order valence-electron chi connectivity index (χ1n) is 9.76. The van der Waals surface area contributed by atoms with Crippen LogP contribution in [0.4, 0.5) is 0 Å². The van der Waals surface area contributed by atoms with Gasteiger partial charge in [-0.1, -0.05) is 5.11 Å². The summed E-state index contributed by atoms with van der Waals surface area (Å²) < 4.78 is 32.4. The van der Waals surface area contributed by atoms with Gasteiger partial charge >= 0.3 is 17.9 Å². The highest BCUT2D eigenvalue weighted by Crippen LogP contribution is 2.28. The lowest BCUT2D eigenvalue weighted by Crippen LogP contribution is -2.66. The minimum Gasteiger partial charge on any atom is -0.463 e. The van der Waals surface area contributed by atoms with E-state index in [-0.39, 0.29) is 33.0 Å². The van der Waals surface area contributed by atoms with E-state index in [0.29, 0.717) is 0 Å². The van der Waals surface area contributed by atoms with Gasteiger partial charge in [0.1, 0.15) is 18.8 Å². The van der Waals surface area contributed by atoms with Crippen LogP contribution >= 0.6 is 0 Å². The van der Waals surface area contributed by atoms with E-state index < -0.39 is 54.5 Å². The third kappa shape index (κ3) is 9.92. The van der Waals surface area contributed by atoms with Gasteiger partial charge in [-0.15, -0.1) is 0 Å². The lowest BCUT2D eigenvalue weighted by atomic mass is 9.96. The van der Waals surface area contributed by atoms with Crippen molar-refractivity contribution in [3.8, 4) is 0 Å². The van der Waals surface area contributed by atoms with Crippen LogP contribution in [0, 0.1) is 0 Å². The molecule has 0 aliphatic carbocycles. The standard InChI is InChI=1S/C18H28N4O10/c1-10(23)21-15-17(31-13(4)26)16(30-12(3)25)14(9-29-11(2)24)32-18(15)28-8-7-27-6-5-20-22-19/h14-18H,5-9H2,1-4H3,(H,21,23)/t14?,15-,16?,17?,18+/m1/s1. The molecule has 1 amide bonds. The number of carbonyl (C=O) groups is 4. The number of hydrogen-bond donors (Lipinski definition) is 1. The van der Waals surface area contributed by atoms with Crippen molar-refractivity contribution in [3.63, 3.8) is 0 Å². The average molecular weight is 460 g/mol. The normalized spacial score (nSPS) is 24.6. The maximum Gasteiger partial charge on any atom is 0.303 e. The summed E-state index contributed by atoms with van der Waals surface area (Å²) in [6.07, 6.45) is -4.58. The molecule has 0 saturated carbocycles. The SMILES string of the molecule is CC(=O)N[C@@H]1C(OC(C)=O)C(OC(C)=O)C(COC(C)=O)O[C@@H]1OCCOCCN=[N+]=[N-]. The predicted octanol–water partition coefficient (Wildman–Crippen LogP) is -0.0140. The second-order valence-electron chi connectivity index (χ2n) is 6.66. The van der Waals surface area contributed by atoms with E-state index in [1.165, 1.54) is 13.8 Å². The average Bonchev–Trinajstić information content (AvgIpc) is 2.68. The van der Waals surface area contributed by atoms with Crippen molar-refractivity contribution in [2.75, 3.05) is 33.0 Å². The summed E-state index contributed by atoms with van der Waals surface area (Å²) in [5.74, 6) is -2.47. The minimum atomic E-state index is -1.19. The van der Waals surface area contributed by atoms with Crippen LogP contribution in [0.2, 0.25) is 0 Å². The molecule has 3 unspecified atom stereocenters. The molecular formula is C18H28N4O10. The molecule has 0 aromatic carbocycles. The van der Waals surface area contributed by atoms with E-state index in [2.05, 4.69) is 15.3 Å². The number of amides is 1. The highest BCUT2D eigenvalue weighted by Gasteiger charge is 2.51. The van der Waals surface area contributed by atoms with Gasteiger partial charge in [0.2, 0.25) is 5.91 Å². The Balaban J connectivity index is 3.05. The zero-order chi connectivity index (χ0) is 24.1. The van der Waals surface area contributed by atoms with Crippen molar-refractivity contribution in [2.24, 2.45) is 5.11 Å². The maximum absolute atomic E-state index is 11.8. The third-order valence-electron chi connectivity index (χ3n) is 3.98. The quantitative estimate of drug-likeness (QED) is 0.104. The van der Waals surface area contributed by atoms with Crippen LogP contribution in [-0.4, -0.2) is 87.4 Å². The Morgan fingerprint density at radius 1 is 0.969 bits per heavy atom. The molecule has 0 radical (unpaired) electrons. The van der Waals surface area contributed by atoms with Crippen LogP contribution in [0.1, 0.15) is 27.7 Å². The minimum absolute atomic E-state index is 0.00231. The Morgan fingerprint density at radius 3 is 2.19 bits per heavy atom. The number of esters is 3. The highest BCUT2D eigenvalue weighted by atomic mass is 16.7. The van der Waals surface area contributed by atoms with Crippen molar-refractivity contribution in [2.45, 2.75) is 58.3 Å². The van der Waals surface area contributed by atoms with Gasteiger partial charge in [0, 0.05) is 39.2 Å². The second-order valence-corrected chi connectivity index (χ2v) is 6.66. The van der Waals surface area contributed by atoms with Crippen LogP contribution in [0.15, 0.2) is 5.11 Å². The largest absolute Gasteiger partial charge is 0.463 e. The monoisotopic (exact) mass is 460 g/mol. The van der Waals surface area contributed by atoms with E-state index in [1.807, 2.05) is 0 Å². The van der Waals surface area contributed by atoms with Crippen molar-refractivity contribution < 1.29 is 47.6 Å². The van der Waals surface area contributed by atoms with E-state index >= 15 is 0 Å². The summed E-state index contributed by atoms with van der Waals surface area (Å²) in [5.41, 5.74) is 8.23. The molecule has 5 atom stereocenters. The first-order valence-corrected chi connectivity index (χ1v) is 9.76. The molecule has 1 saturated heterocycles. The summed E-state index contributed by atoms with van der Waals surface area (Å²) in [6, 6.07) is -1.04. The number of carbonyl (C=O) groups excluding carboxylic acids is 4. The molecule has 0 aromatic rings. The molecule has 14 heteroatoms. The maximum atomic E-state index is 11.8. The van der Waals surface area contributed by atoms with Gasteiger partial charge in [-0.2, -0.15) is 0 Å². The van der Waals surface area contributed by atoms with Crippen molar-refractivity contribution >= 4 is 23.8 Å². The first kappa shape index (κ1) is 27.1. The van der Waals surface area contributed by atoms with Gasteiger partial charge in [0.15, 0.2) is 18.5 Å². The molecule has 180 valence electrons. The predicted molar refractivity (Wildman–Crippen MR) is 105 cm³/mol. The summed E-state index contributed by atoms with van der Waals surface area (Å²) >= 11 is 0. The smallest absolute Gasteiger partial charge is 0.303 e. The van der Waals surface area contributed by atoms with Gasteiger partial charge in [-0.05, 0) is 5.53 Å². The van der Waals surface area contributed by atoms with Gasteiger partial charge in [0.05, 0.1) is 19.8 Å². The third-order valence-corrected chi connectivity index (χ3v) is 3.98. The summed E-state index contributed by atoms with van der Waals surface area (Å²) in [7, 11) is 0. The molecule has 1 N–H and O–H groups in total. The molecule has 14 nitrogen and oxygen atoms in total. The molecule has 0 spiro atoms. The molecule has 32 heavy (non-hydrogen) atoms. The van der Waals surface area contributed by atoms with E-state index in [9.17, 15) is 19.2 Å². The zero-order valence-electron chi connectivity index (χ0n) is 18.3. The molecule has 1 aliphatic rings. The zero-order valence-corrected chi connectivity index (χ0v) is 18.3. The molecule has 0 bridgehead atoms. The Hall–Kier alpha value is -2.93. The van der Waals surface area contributed by atoms with Crippen molar-refractivity contribution in [3.05, 3.63) is 10.4 Å². The fraction of sp³-hybridized carbons (Fsp3) is 0.778. The number of ether oxygens (including phenoxy) is 6. The lowest BCUT2D eigenvalue weighted by molar-refractivity contribution is -0.279. The number of rotatable bonds is 12. The van der Waals surface area contributed by atoms with Crippen LogP contribution in [-0.2, 0) is 47.6 Å². The number of nitrogens with one attached hydrogen (secondary N) is 1. The second kappa shape index (κ2) is 14.2. The summed E-state index contributed by atoms with van der Waals surface area (Å²) in [4.78, 5) is 49.1. The van der Waals surface area contributed by atoms with Gasteiger partial charge in [-0.3, -0.25) is 19.2 Å². The molecule has 1 fully saturated rings. The van der Waals surface area contributed by atoms with E-state index in [0.717, 1.165) is 13.8 Å². The topological polar surface area (TPSA) is 184 Å². The molecule has 1 rings (SSSR count). The molecule has 1 aliphatic heterocycles. The molecule has 0 aromatic heterocycles. The fourth-order valence-corrected chi connectivity index (χ4v) is 2.91. The van der Waals surface area contributed by atoms with Crippen LogP contribution in [0.25, 0.3) is 10.4 Å². The van der Waals surface area contributed by atoms with Gasteiger partial charge in [-0.25, -0.2) is 0 Å². The van der Waals surface area contributed by atoms with E-state index in [1.54, 1.807) is 0 Å². The van der Waals surface area contributed by atoms with Crippen molar-refractivity contribution in [1.82, 2.24) is 5.32 Å². The molecular weight excluding hydrogens is 432 g/mol. The lowest BCUT2D eigenvalue weighted by Gasteiger charge is -2.44. The van der Waals surface area contributed by atoms with Gasteiger partial charge < -0.3 is 33.7 Å². The Labute approximate surface area is 184 Å². The number of azide groups is 1. The van der Waals surface area contributed by atoms with Crippen LogP contribution < -0.4 is 5.32 Å². The van der Waals surface area contributed by atoms with E-state index in [4.69, 9.17) is 34.0 Å². The van der Waals surface area contributed by atoms with Crippen molar-refractivity contribution in [1.29, 1.82) is 0 Å². The number of nitrogens with zero attached hydrogens (tertiary/aromatic N) is 3. The Bertz CT molecular complexity index is 712. The summed E-state index contributed by atoms with van der Waals surface area (Å²) in [6.45, 7) is 4.84. The number of hydrogen-bond acceptors (Lipinski definition) is 11. The van der Waals surface area contributed by atoms with Gasteiger partial charge in [0.25, 0.3) is 0 Å². The Kier molecular flexibility index (Phi) is 12.0. The van der Waals surface area contributed by atoms with Crippen LogP contribution in [0.5, 0.6) is 0 Å². The molecule has 1 heterocycles. The van der Waals surface area contributed by atoms with Crippen LogP contribution in [0.3, 0.4) is 0 Å². The summed E-state index contributed by atoms with van der Waals surface area (Å²) in [5, 5.41) is 5.91. The first-order chi connectivity index (χ1) is 15.1. The highest BCUT2D eigenvalue weighted by molar-refractivity contribution is 5.73. The Morgan fingerprint density at radius 2 is 1.62 bits per heavy atom.